The summed E-state index contributed by atoms with van der Waals surface area (Å²) in [6.45, 7) is 4.67. The summed E-state index contributed by atoms with van der Waals surface area (Å²) in [6, 6.07) is 4.70. The minimum absolute atomic E-state index is 0.00977. The van der Waals surface area contributed by atoms with Crippen LogP contribution in [0.3, 0.4) is 0 Å². The highest BCUT2D eigenvalue weighted by molar-refractivity contribution is 5.37. The van der Waals surface area contributed by atoms with Gasteiger partial charge in [-0.15, -0.1) is 0 Å². The maximum absolute atomic E-state index is 13.1. The summed E-state index contributed by atoms with van der Waals surface area (Å²) in [4.78, 5) is 0. The molecule has 0 aliphatic carbocycles. The third-order valence-electron chi connectivity index (χ3n) is 3.94. The Morgan fingerprint density at radius 2 is 2.42 bits per heavy atom. The lowest BCUT2D eigenvalue weighted by Crippen LogP contribution is -2.46. The smallest absolute Gasteiger partial charge is 0.126 e. The van der Waals surface area contributed by atoms with Crippen LogP contribution >= 0.6 is 0 Å². The van der Waals surface area contributed by atoms with Crippen molar-refractivity contribution in [1.29, 1.82) is 0 Å². The average molecular weight is 265 g/mol. The van der Waals surface area contributed by atoms with Gasteiger partial charge in [-0.3, -0.25) is 0 Å². The second-order valence-electron chi connectivity index (χ2n) is 5.74. The molecule has 0 saturated carbocycles. The predicted octanol–water partition coefficient (Wildman–Crippen LogP) is 2.29. The Balaban J connectivity index is 1.55. The molecule has 1 aromatic carbocycles. The van der Waals surface area contributed by atoms with Crippen molar-refractivity contribution in [3.05, 3.63) is 29.6 Å². The highest BCUT2D eigenvalue weighted by atomic mass is 19.1. The summed E-state index contributed by atoms with van der Waals surface area (Å²) in [7, 11) is 0. The molecule has 4 heteroatoms. The molecule has 2 unspecified atom stereocenters. The first-order valence-corrected chi connectivity index (χ1v) is 6.94. The van der Waals surface area contributed by atoms with Gasteiger partial charge >= 0.3 is 0 Å². The van der Waals surface area contributed by atoms with Gasteiger partial charge in [0.2, 0.25) is 0 Å². The molecule has 2 heterocycles. The van der Waals surface area contributed by atoms with Crippen molar-refractivity contribution in [2.75, 3.05) is 19.7 Å². The van der Waals surface area contributed by atoms with Crippen molar-refractivity contribution in [1.82, 2.24) is 5.32 Å². The van der Waals surface area contributed by atoms with Gasteiger partial charge in [0.1, 0.15) is 17.7 Å². The van der Waals surface area contributed by atoms with Gasteiger partial charge in [0.15, 0.2) is 0 Å². The van der Waals surface area contributed by atoms with Gasteiger partial charge in [-0.1, -0.05) is 0 Å². The van der Waals surface area contributed by atoms with E-state index in [0.717, 1.165) is 43.7 Å². The standard InChI is InChI=1S/C15H20FNO2/c1-15(5-2-6-17-10-15)18-9-13-8-11-7-12(16)3-4-14(11)19-13/h3-4,7,13,17H,2,5-6,8-10H2,1H3. The molecule has 0 spiro atoms. The number of rotatable bonds is 3. The molecule has 3 rings (SSSR count). The van der Waals surface area contributed by atoms with E-state index in [1.54, 1.807) is 12.1 Å². The van der Waals surface area contributed by atoms with Gasteiger partial charge in [0.25, 0.3) is 0 Å². The van der Waals surface area contributed by atoms with Crippen molar-refractivity contribution in [2.45, 2.75) is 37.9 Å². The Morgan fingerprint density at radius 1 is 1.53 bits per heavy atom. The number of fused-ring (bicyclic) bond motifs is 1. The van der Waals surface area contributed by atoms with Crippen molar-refractivity contribution >= 4 is 0 Å². The summed E-state index contributed by atoms with van der Waals surface area (Å²) in [5.41, 5.74) is 0.849. The SMILES string of the molecule is CC1(OCC2Cc3cc(F)ccc3O2)CCCNC1. The largest absolute Gasteiger partial charge is 0.487 e. The highest BCUT2D eigenvalue weighted by Crippen LogP contribution is 2.30. The molecule has 3 nitrogen and oxygen atoms in total. The molecule has 2 aliphatic heterocycles. The molecule has 0 amide bonds. The lowest BCUT2D eigenvalue weighted by Gasteiger charge is -2.34. The van der Waals surface area contributed by atoms with E-state index in [4.69, 9.17) is 9.47 Å². The van der Waals surface area contributed by atoms with Crippen molar-refractivity contribution in [3.63, 3.8) is 0 Å². The average Bonchev–Trinajstić information content (AvgIpc) is 2.79. The first kappa shape index (κ1) is 12.9. The number of benzene rings is 1. The Labute approximate surface area is 113 Å². The Kier molecular flexibility index (Phi) is 3.46. The number of piperidine rings is 1. The third kappa shape index (κ3) is 2.90. The van der Waals surface area contributed by atoms with E-state index in [0.29, 0.717) is 6.61 Å². The van der Waals surface area contributed by atoms with E-state index in [1.807, 2.05) is 0 Å². The fourth-order valence-electron chi connectivity index (χ4n) is 2.83. The summed E-state index contributed by atoms with van der Waals surface area (Å²) < 4.78 is 25.0. The molecule has 1 N–H and O–H groups in total. The van der Waals surface area contributed by atoms with Crippen molar-refractivity contribution in [2.24, 2.45) is 0 Å². The van der Waals surface area contributed by atoms with Crippen LogP contribution in [-0.2, 0) is 11.2 Å². The van der Waals surface area contributed by atoms with E-state index < -0.39 is 0 Å². The molecule has 0 aromatic heterocycles. The van der Waals surface area contributed by atoms with Crippen LogP contribution in [0.25, 0.3) is 0 Å². The molecule has 0 bridgehead atoms. The lowest BCUT2D eigenvalue weighted by molar-refractivity contribution is -0.0713. The quantitative estimate of drug-likeness (QED) is 0.909. The number of ether oxygens (including phenoxy) is 2. The van der Waals surface area contributed by atoms with Crippen LogP contribution in [0.15, 0.2) is 18.2 Å². The molecule has 2 aliphatic rings. The first-order valence-electron chi connectivity index (χ1n) is 6.94. The zero-order chi connectivity index (χ0) is 13.3. The number of nitrogens with one attached hydrogen (secondary N) is 1. The molecule has 1 aromatic rings. The summed E-state index contributed by atoms with van der Waals surface area (Å²) in [6.07, 6.45) is 2.97. The number of halogens is 1. The molecule has 2 atom stereocenters. The second-order valence-corrected chi connectivity index (χ2v) is 5.74. The summed E-state index contributed by atoms with van der Waals surface area (Å²) in [5.74, 6) is 0.592. The molecule has 1 fully saturated rings. The normalized spacial score (nSPS) is 29.9. The van der Waals surface area contributed by atoms with Crippen LogP contribution in [0.1, 0.15) is 25.3 Å². The van der Waals surface area contributed by atoms with Crippen LogP contribution in [-0.4, -0.2) is 31.4 Å². The zero-order valence-electron chi connectivity index (χ0n) is 11.2. The van der Waals surface area contributed by atoms with Crippen LogP contribution in [0.2, 0.25) is 0 Å². The first-order chi connectivity index (χ1) is 9.15. The van der Waals surface area contributed by atoms with E-state index in [2.05, 4.69) is 12.2 Å². The van der Waals surface area contributed by atoms with Gasteiger partial charge in [-0.05, 0) is 44.5 Å². The van der Waals surface area contributed by atoms with Crippen LogP contribution in [0.4, 0.5) is 4.39 Å². The van der Waals surface area contributed by atoms with E-state index >= 15 is 0 Å². The van der Waals surface area contributed by atoms with E-state index in [-0.39, 0.29) is 17.5 Å². The van der Waals surface area contributed by atoms with Crippen molar-refractivity contribution in [3.8, 4) is 5.75 Å². The highest BCUT2D eigenvalue weighted by Gasteiger charge is 2.30. The molecule has 0 radical (unpaired) electrons. The van der Waals surface area contributed by atoms with Gasteiger partial charge < -0.3 is 14.8 Å². The zero-order valence-corrected chi connectivity index (χ0v) is 11.2. The van der Waals surface area contributed by atoms with Crippen LogP contribution in [0, 0.1) is 5.82 Å². The van der Waals surface area contributed by atoms with Gasteiger partial charge in [-0.25, -0.2) is 4.39 Å². The fraction of sp³-hybridized carbons (Fsp3) is 0.600. The van der Waals surface area contributed by atoms with Crippen LogP contribution < -0.4 is 10.1 Å². The molecular weight excluding hydrogens is 245 g/mol. The number of hydrogen-bond donors (Lipinski definition) is 1. The maximum atomic E-state index is 13.1. The van der Waals surface area contributed by atoms with Crippen molar-refractivity contribution < 1.29 is 13.9 Å². The fourth-order valence-corrected chi connectivity index (χ4v) is 2.83. The van der Waals surface area contributed by atoms with Gasteiger partial charge in [-0.2, -0.15) is 0 Å². The van der Waals surface area contributed by atoms with E-state index in [9.17, 15) is 4.39 Å². The lowest BCUT2D eigenvalue weighted by atomic mass is 9.96. The summed E-state index contributed by atoms with van der Waals surface area (Å²) in [5, 5.41) is 3.36. The molecule has 104 valence electrons. The monoisotopic (exact) mass is 265 g/mol. The Morgan fingerprint density at radius 3 is 3.21 bits per heavy atom. The molecular formula is C15H20FNO2. The minimum atomic E-state index is -0.202. The summed E-state index contributed by atoms with van der Waals surface area (Å²) >= 11 is 0. The topological polar surface area (TPSA) is 30.5 Å². The third-order valence-corrected chi connectivity index (χ3v) is 3.94. The minimum Gasteiger partial charge on any atom is -0.487 e. The van der Waals surface area contributed by atoms with E-state index in [1.165, 1.54) is 6.07 Å². The molecule has 19 heavy (non-hydrogen) atoms. The maximum Gasteiger partial charge on any atom is 0.126 e. The van der Waals surface area contributed by atoms with Gasteiger partial charge in [0.05, 0.1) is 12.2 Å². The molecule has 1 saturated heterocycles. The van der Waals surface area contributed by atoms with Gasteiger partial charge in [0, 0.05) is 18.5 Å². The number of hydrogen-bond acceptors (Lipinski definition) is 3. The second kappa shape index (κ2) is 5.10. The predicted molar refractivity (Wildman–Crippen MR) is 71.0 cm³/mol. The van der Waals surface area contributed by atoms with Crippen LogP contribution in [0.5, 0.6) is 5.75 Å². The Hall–Kier alpha value is -1.13. The Bertz CT molecular complexity index is 457.